The molecule has 1 aromatic rings. The van der Waals surface area contributed by atoms with Crippen LogP contribution in [0.25, 0.3) is 6.08 Å². The Morgan fingerprint density at radius 3 is 3.13 bits per heavy atom. The number of ketones is 1. The highest BCUT2D eigenvalue weighted by Crippen LogP contribution is 2.15. The molecule has 0 spiro atoms. The third kappa shape index (κ3) is 5.29. The molecule has 1 aromatic heterocycles. The molecule has 0 radical (unpaired) electrons. The summed E-state index contributed by atoms with van der Waals surface area (Å²) in [5.74, 6) is 0.0151. The molecule has 5 heteroatoms. The summed E-state index contributed by atoms with van der Waals surface area (Å²) in [6, 6.07) is 5.63. The van der Waals surface area contributed by atoms with Gasteiger partial charge in [0.2, 0.25) is 0 Å². The highest BCUT2D eigenvalue weighted by Gasteiger charge is 1.96. The molecule has 0 N–H and O–H groups in total. The summed E-state index contributed by atoms with van der Waals surface area (Å²) in [7, 11) is 1.28. The number of nitrogens with zero attached hydrogens (tertiary/aromatic N) is 1. The SMILES string of the molecule is CC(=O)/C=C/c1cccc(COSI)n1. The summed E-state index contributed by atoms with van der Waals surface area (Å²) in [6.07, 6.45) is 3.20. The van der Waals surface area contributed by atoms with Crippen molar-refractivity contribution in [2.75, 3.05) is 0 Å². The molecule has 0 saturated carbocycles. The fourth-order valence-corrected chi connectivity index (χ4v) is 1.50. The van der Waals surface area contributed by atoms with Crippen molar-refractivity contribution >= 4 is 42.3 Å². The van der Waals surface area contributed by atoms with Gasteiger partial charge in [0.25, 0.3) is 0 Å². The molecule has 0 atom stereocenters. The number of hydrogen-bond acceptors (Lipinski definition) is 4. The molecule has 0 fully saturated rings. The highest BCUT2D eigenvalue weighted by molar-refractivity contribution is 14.2. The summed E-state index contributed by atoms with van der Waals surface area (Å²) in [4.78, 5) is 15.0. The molecule has 0 aliphatic rings. The fourth-order valence-electron chi connectivity index (χ4n) is 0.957. The molecule has 80 valence electrons. The summed E-state index contributed by atoms with van der Waals surface area (Å²) in [6.45, 7) is 1.98. The van der Waals surface area contributed by atoms with Crippen LogP contribution in [0, 0.1) is 0 Å². The Hall–Kier alpha value is -0.400. The van der Waals surface area contributed by atoms with E-state index in [0.717, 1.165) is 11.4 Å². The minimum Gasteiger partial charge on any atom is -0.299 e. The Labute approximate surface area is 105 Å². The van der Waals surface area contributed by atoms with Crippen LogP contribution >= 0.6 is 30.4 Å². The molecule has 0 aliphatic heterocycles. The fraction of sp³-hybridized carbons (Fsp3) is 0.200. The minimum atomic E-state index is 0.0151. The predicted molar refractivity (Wildman–Crippen MR) is 70.4 cm³/mol. The molecule has 1 rings (SSSR count). The number of halogens is 1. The van der Waals surface area contributed by atoms with Crippen LogP contribution in [0.5, 0.6) is 0 Å². The first-order valence-electron chi connectivity index (χ1n) is 4.27. The average molecular weight is 335 g/mol. The zero-order valence-electron chi connectivity index (χ0n) is 8.14. The summed E-state index contributed by atoms with van der Waals surface area (Å²) in [5, 5.41) is 0. The van der Waals surface area contributed by atoms with E-state index >= 15 is 0 Å². The number of aromatic nitrogens is 1. The maximum absolute atomic E-state index is 10.7. The Balaban J connectivity index is 2.69. The van der Waals surface area contributed by atoms with Gasteiger partial charge in [0.15, 0.2) is 5.78 Å². The number of allylic oxidation sites excluding steroid dienone is 1. The average Bonchev–Trinajstić information content (AvgIpc) is 2.24. The number of rotatable bonds is 5. The topological polar surface area (TPSA) is 39.2 Å². The van der Waals surface area contributed by atoms with Gasteiger partial charge in [-0.1, -0.05) is 6.07 Å². The Bertz CT molecular complexity index is 368. The number of pyridine rings is 1. The monoisotopic (exact) mass is 335 g/mol. The predicted octanol–water partition coefficient (Wildman–Crippen LogP) is 3.20. The third-order valence-corrected chi connectivity index (χ3v) is 2.54. The number of carbonyl (C=O) groups is 1. The van der Waals surface area contributed by atoms with Gasteiger partial charge in [-0.05, 0) is 31.2 Å². The molecular formula is C10H10INO2S. The van der Waals surface area contributed by atoms with E-state index in [-0.39, 0.29) is 5.78 Å². The van der Waals surface area contributed by atoms with E-state index in [2.05, 4.69) is 26.2 Å². The van der Waals surface area contributed by atoms with E-state index in [1.165, 1.54) is 22.2 Å². The third-order valence-electron chi connectivity index (χ3n) is 1.57. The molecule has 0 bridgehead atoms. The lowest BCUT2D eigenvalue weighted by Crippen LogP contribution is -1.92. The Kier molecular flexibility index (Phi) is 5.89. The number of hydrogen-bond donors (Lipinski definition) is 0. The number of carbonyl (C=O) groups excluding carboxylic acids is 1. The van der Waals surface area contributed by atoms with Crippen LogP contribution in [0.3, 0.4) is 0 Å². The second-order valence-electron chi connectivity index (χ2n) is 2.82. The van der Waals surface area contributed by atoms with E-state index in [1.54, 1.807) is 6.08 Å². The molecule has 0 unspecified atom stereocenters. The largest absolute Gasteiger partial charge is 0.299 e. The molecule has 0 amide bonds. The zero-order valence-corrected chi connectivity index (χ0v) is 11.1. The maximum Gasteiger partial charge on any atom is 0.152 e. The summed E-state index contributed by atoms with van der Waals surface area (Å²) >= 11 is 2.06. The lowest BCUT2D eigenvalue weighted by molar-refractivity contribution is -0.112. The first-order valence-corrected chi connectivity index (χ1v) is 7.55. The minimum absolute atomic E-state index is 0.0151. The lowest BCUT2D eigenvalue weighted by atomic mass is 10.2. The summed E-state index contributed by atoms with van der Waals surface area (Å²) in [5.41, 5.74) is 1.62. The second kappa shape index (κ2) is 6.97. The van der Waals surface area contributed by atoms with Crippen molar-refractivity contribution in [3.63, 3.8) is 0 Å². The smallest absolute Gasteiger partial charge is 0.152 e. The van der Waals surface area contributed by atoms with Gasteiger partial charge in [-0.2, -0.15) is 0 Å². The molecule has 0 aromatic carbocycles. The van der Waals surface area contributed by atoms with E-state index in [4.69, 9.17) is 4.18 Å². The van der Waals surface area contributed by atoms with Crippen molar-refractivity contribution in [3.05, 3.63) is 35.7 Å². The molecule has 1 heterocycles. The van der Waals surface area contributed by atoms with Crippen molar-refractivity contribution in [3.8, 4) is 0 Å². The van der Waals surface area contributed by atoms with Crippen LogP contribution in [0.1, 0.15) is 18.3 Å². The van der Waals surface area contributed by atoms with E-state index in [1.807, 2.05) is 18.2 Å². The van der Waals surface area contributed by atoms with Gasteiger partial charge < -0.3 is 0 Å². The van der Waals surface area contributed by atoms with Gasteiger partial charge in [0, 0.05) is 21.2 Å². The molecular weight excluding hydrogens is 325 g/mol. The van der Waals surface area contributed by atoms with E-state index in [0.29, 0.717) is 6.61 Å². The van der Waals surface area contributed by atoms with E-state index in [9.17, 15) is 4.79 Å². The molecule has 0 aliphatic carbocycles. The van der Waals surface area contributed by atoms with E-state index < -0.39 is 0 Å². The first-order chi connectivity index (χ1) is 7.22. The van der Waals surface area contributed by atoms with Crippen LogP contribution in [0.15, 0.2) is 24.3 Å². The van der Waals surface area contributed by atoms with Crippen molar-refractivity contribution < 1.29 is 8.98 Å². The van der Waals surface area contributed by atoms with Gasteiger partial charge in [-0.3, -0.25) is 14.0 Å². The zero-order chi connectivity index (χ0) is 11.1. The second-order valence-corrected chi connectivity index (χ2v) is 4.26. The first kappa shape index (κ1) is 12.7. The summed E-state index contributed by atoms with van der Waals surface area (Å²) < 4.78 is 5.15. The van der Waals surface area contributed by atoms with Crippen LogP contribution < -0.4 is 0 Å². The van der Waals surface area contributed by atoms with Crippen LogP contribution in [0.2, 0.25) is 0 Å². The van der Waals surface area contributed by atoms with Gasteiger partial charge in [0.1, 0.15) is 6.61 Å². The van der Waals surface area contributed by atoms with Gasteiger partial charge >= 0.3 is 0 Å². The Morgan fingerprint density at radius 1 is 1.67 bits per heavy atom. The van der Waals surface area contributed by atoms with Gasteiger partial charge in [0.05, 0.1) is 20.6 Å². The maximum atomic E-state index is 10.7. The van der Waals surface area contributed by atoms with Gasteiger partial charge in [-0.15, -0.1) is 0 Å². The highest BCUT2D eigenvalue weighted by atomic mass is 127. The molecule has 3 nitrogen and oxygen atoms in total. The van der Waals surface area contributed by atoms with Crippen molar-refractivity contribution in [2.45, 2.75) is 13.5 Å². The van der Waals surface area contributed by atoms with Gasteiger partial charge in [-0.25, -0.2) is 0 Å². The normalized spacial score (nSPS) is 10.8. The lowest BCUT2D eigenvalue weighted by Gasteiger charge is -1.99. The molecule has 15 heavy (non-hydrogen) atoms. The van der Waals surface area contributed by atoms with Crippen LogP contribution in [0.4, 0.5) is 0 Å². The standard InChI is InChI=1S/C10H10INO2S/c1-8(13)5-6-9-3-2-4-10(12-9)7-14-15-11/h2-6H,7H2,1H3/b6-5+. The Morgan fingerprint density at radius 2 is 2.47 bits per heavy atom. The molecule has 0 saturated heterocycles. The van der Waals surface area contributed by atoms with Crippen LogP contribution in [-0.2, 0) is 15.6 Å². The van der Waals surface area contributed by atoms with Crippen molar-refractivity contribution in [1.82, 2.24) is 4.98 Å². The van der Waals surface area contributed by atoms with Crippen molar-refractivity contribution in [2.24, 2.45) is 0 Å². The quantitative estimate of drug-likeness (QED) is 0.471. The van der Waals surface area contributed by atoms with Crippen molar-refractivity contribution in [1.29, 1.82) is 0 Å². The van der Waals surface area contributed by atoms with Crippen LogP contribution in [-0.4, -0.2) is 10.8 Å².